The Hall–Kier alpha value is -5.11. The van der Waals surface area contributed by atoms with Crippen molar-refractivity contribution in [3.63, 3.8) is 0 Å². The standard InChI is InChI=1S/C46H53NO10/c1-50-34-47-45(48)43(56-30-36-15-9-5-10-16-36)42(55-29-35-13-7-4-8-14-35)44(57-31-37-17-11-6-12-18-37)46(49,32-53-27-38-19-23-40(51-2)24-20-38)33-54-28-39-21-25-41(52-3)26-22-39/h4-26,42-44,49H,27-34H2,1-3H3,(H,47,48). The predicted octanol–water partition coefficient (Wildman–Crippen LogP) is 6.64. The van der Waals surface area contributed by atoms with Gasteiger partial charge in [0.15, 0.2) is 6.10 Å². The normalized spacial score (nSPS) is 13.1. The lowest BCUT2D eigenvalue weighted by atomic mass is 9.90. The summed E-state index contributed by atoms with van der Waals surface area (Å²) >= 11 is 0. The van der Waals surface area contributed by atoms with Gasteiger partial charge in [0.25, 0.3) is 5.91 Å². The molecule has 0 saturated heterocycles. The highest BCUT2D eigenvalue weighted by atomic mass is 16.6. The van der Waals surface area contributed by atoms with Crippen LogP contribution in [0.25, 0.3) is 0 Å². The van der Waals surface area contributed by atoms with Gasteiger partial charge in [0.1, 0.15) is 36.0 Å². The monoisotopic (exact) mass is 779 g/mol. The van der Waals surface area contributed by atoms with E-state index < -0.39 is 29.8 Å². The topological polar surface area (TPSA) is 123 Å². The Bertz CT molecular complexity index is 1790. The van der Waals surface area contributed by atoms with Crippen molar-refractivity contribution in [3.8, 4) is 11.5 Å². The molecule has 0 aliphatic carbocycles. The van der Waals surface area contributed by atoms with Crippen molar-refractivity contribution in [1.82, 2.24) is 5.32 Å². The summed E-state index contributed by atoms with van der Waals surface area (Å²) in [6, 6.07) is 43.6. The van der Waals surface area contributed by atoms with Crippen molar-refractivity contribution in [1.29, 1.82) is 0 Å². The van der Waals surface area contributed by atoms with E-state index in [0.717, 1.165) is 27.8 Å². The number of hydrogen-bond donors (Lipinski definition) is 2. The van der Waals surface area contributed by atoms with Crippen molar-refractivity contribution in [2.75, 3.05) is 41.3 Å². The molecule has 0 spiro atoms. The molecule has 1 amide bonds. The number of methoxy groups -OCH3 is 3. The third-order valence-electron chi connectivity index (χ3n) is 9.17. The number of hydrogen-bond acceptors (Lipinski definition) is 10. The number of carbonyl (C=O) groups excluding carboxylic acids is 1. The molecule has 57 heavy (non-hydrogen) atoms. The molecule has 0 radical (unpaired) electrons. The first-order valence-corrected chi connectivity index (χ1v) is 18.8. The zero-order valence-electron chi connectivity index (χ0n) is 32.8. The number of benzene rings is 5. The molecule has 0 fully saturated rings. The van der Waals surface area contributed by atoms with Crippen molar-refractivity contribution in [3.05, 3.63) is 167 Å². The van der Waals surface area contributed by atoms with Crippen LogP contribution in [0.3, 0.4) is 0 Å². The fourth-order valence-electron chi connectivity index (χ4n) is 6.08. The molecule has 0 aromatic heterocycles. The minimum atomic E-state index is -1.90. The summed E-state index contributed by atoms with van der Waals surface area (Å²) in [5, 5.41) is 15.8. The zero-order valence-corrected chi connectivity index (χ0v) is 32.8. The summed E-state index contributed by atoms with van der Waals surface area (Å²) in [6.45, 7) is -0.0408. The summed E-state index contributed by atoms with van der Waals surface area (Å²) in [6.07, 6.45) is -3.74. The second kappa shape index (κ2) is 23.2. The van der Waals surface area contributed by atoms with Gasteiger partial charge in [-0.1, -0.05) is 115 Å². The molecule has 3 atom stereocenters. The number of aliphatic hydroxyl groups is 1. The molecular formula is C46H53NO10. The van der Waals surface area contributed by atoms with E-state index in [1.54, 1.807) is 14.2 Å². The van der Waals surface area contributed by atoms with Crippen molar-refractivity contribution in [2.45, 2.75) is 56.9 Å². The van der Waals surface area contributed by atoms with E-state index in [2.05, 4.69) is 5.32 Å². The van der Waals surface area contributed by atoms with E-state index in [9.17, 15) is 9.90 Å². The average Bonchev–Trinajstić information content (AvgIpc) is 3.26. The van der Waals surface area contributed by atoms with E-state index in [1.807, 2.05) is 140 Å². The van der Waals surface area contributed by atoms with Crippen LogP contribution in [-0.2, 0) is 66.3 Å². The quantitative estimate of drug-likeness (QED) is 0.0624. The van der Waals surface area contributed by atoms with E-state index >= 15 is 0 Å². The molecule has 302 valence electrons. The van der Waals surface area contributed by atoms with E-state index in [0.29, 0.717) is 11.5 Å². The second-order valence-corrected chi connectivity index (χ2v) is 13.5. The fraction of sp³-hybridized carbons (Fsp3) is 0.326. The van der Waals surface area contributed by atoms with Crippen LogP contribution in [-0.4, -0.2) is 76.2 Å². The Balaban J connectivity index is 1.54. The Kier molecular flexibility index (Phi) is 17.5. The third kappa shape index (κ3) is 13.8. The van der Waals surface area contributed by atoms with Gasteiger partial charge in [-0.15, -0.1) is 0 Å². The van der Waals surface area contributed by atoms with Gasteiger partial charge in [-0.3, -0.25) is 4.79 Å². The minimum absolute atomic E-state index is 0.0705. The number of ether oxygens (including phenoxy) is 8. The van der Waals surface area contributed by atoms with Gasteiger partial charge >= 0.3 is 0 Å². The molecule has 0 heterocycles. The maximum atomic E-state index is 14.2. The number of rotatable bonds is 25. The molecule has 11 nitrogen and oxygen atoms in total. The van der Waals surface area contributed by atoms with Gasteiger partial charge in [-0.25, -0.2) is 0 Å². The van der Waals surface area contributed by atoms with Gasteiger partial charge < -0.3 is 48.3 Å². The SMILES string of the molecule is COCNC(=O)C(OCc1ccccc1)C(OCc1ccccc1)C(OCc1ccccc1)C(O)(COCc1ccc(OC)cc1)COCc1ccc(OC)cc1. The van der Waals surface area contributed by atoms with Crippen molar-refractivity contribution in [2.24, 2.45) is 0 Å². The van der Waals surface area contributed by atoms with E-state index in [-0.39, 0.29) is 53.0 Å². The van der Waals surface area contributed by atoms with Crippen LogP contribution < -0.4 is 14.8 Å². The third-order valence-corrected chi connectivity index (χ3v) is 9.17. The molecule has 5 aromatic rings. The van der Waals surface area contributed by atoms with Crippen LogP contribution in [0.4, 0.5) is 0 Å². The Morgan fingerprint density at radius 1 is 0.544 bits per heavy atom. The largest absolute Gasteiger partial charge is 0.497 e. The smallest absolute Gasteiger partial charge is 0.253 e. The number of amides is 1. The van der Waals surface area contributed by atoms with Crippen molar-refractivity contribution >= 4 is 5.91 Å². The minimum Gasteiger partial charge on any atom is -0.497 e. The van der Waals surface area contributed by atoms with Gasteiger partial charge in [0.2, 0.25) is 0 Å². The Morgan fingerprint density at radius 2 is 0.947 bits per heavy atom. The first-order chi connectivity index (χ1) is 27.9. The first-order valence-electron chi connectivity index (χ1n) is 18.8. The highest BCUT2D eigenvalue weighted by Gasteiger charge is 2.49. The second-order valence-electron chi connectivity index (χ2n) is 13.5. The molecule has 0 aliphatic rings. The first kappa shape index (κ1) is 43.0. The van der Waals surface area contributed by atoms with E-state index in [4.69, 9.17) is 37.9 Å². The maximum absolute atomic E-state index is 14.2. The van der Waals surface area contributed by atoms with Gasteiger partial charge in [-0.05, 0) is 52.1 Å². The molecule has 0 saturated carbocycles. The molecule has 5 aromatic carbocycles. The van der Waals surface area contributed by atoms with Gasteiger partial charge in [-0.2, -0.15) is 0 Å². The Morgan fingerprint density at radius 3 is 1.37 bits per heavy atom. The zero-order chi connectivity index (χ0) is 40.1. The fourth-order valence-corrected chi connectivity index (χ4v) is 6.08. The van der Waals surface area contributed by atoms with Gasteiger partial charge in [0.05, 0.1) is 60.5 Å². The maximum Gasteiger partial charge on any atom is 0.253 e. The van der Waals surface area contributed by atoms with Gasteiger partial charge in [0, 0.05) is 7.11 Å². The van der Waals surface area contributed by atoms with Crippen LogP contribution in [0.2, 0.25) is 0 Å². The summed E-state index contributed by atoms with van der Waals surface area (Å²) < 4.78 is 48.4. The Labute approximate surface area is 335 Å². The predicted molar refractivity (Wildman–Crippen MR) is 215 cm³/mol. The van der Waals surface area contributed by atoms with Crippen LogP contribution in [0.1, 0.15) is 27.8 Å². The summed E-state index contributed by atoms with van der Waals surface area (Å²) in [5.74, 6) is 0.909. The highest BCUT2D eigenvalue weighted by molar-refractivity contribution is 5.81. The average molecular weight is 780 g/mol. The molecule has 2 N–H and O–H groups in total. The number of carbonyl (C=O) groups is 1. The van der Waals surface area contributed by atoms with Crippen LogP contribution >= 0.6 is 0 Å². The van der Waals surface area contributed by atoms with Crippen LogP contribution in [0.15, 0.2) is 140 Å². The molecule has 11 heteroatoms. The molecular weight excluding hydrogens is 727 g/mol. The lowest BCUT2D eigenvalue weighted by molar-refractivity contribution is -0.236. The summed E-state index contributed by atoms with van der Waals surface area (Å²) in [5.41, 5.74) is 2.35. The molecule has 3 unspecified atom stereocenters. The van der Waals surface area contributed by atoms with Crippen LogP contribution in [0.5, 0.6) is 11.5 Å². The molecule has 0 aliphatic heterocycles. The summed E-state index contributed by atoms with van der Waals surface area (Å²) in [4.78, 5) is 14.2. The number of nitrogens with one attached hydrogen (secondary N) is 1. The van der Waals surface area contributed by atoms with Crippen molar-refractivity contribution < 1.29 is 47.8 Å². The molecule has 0 bridgehead atoms. The summed E-state index contributed by atoms with van der Waals surface area (Å²) in [7, 11) is 4.69. The lowest BCUT2D eigenvalue weighted by Crippen LogP contribution is -2.62. The van der Waals surface area contributed by atoms with Crippen LogP contribution in [0, 0.1) is 0 Å². The highest BCUT2D eigenvalue weighted by Crippen LogP contribution is 2.29. The van der Waals surface area contributed by atoms with E-state index in [1.165, 1.54) is 7.11 Å². The molecule has 5 rings (SSSR count). The lowest BCUT2D eigenvalue weighted by Gasteiger charge is -2.42.